The molecule has 1 aromatic heterocycles. The first-order chi connectivity index (χ1) is 12.4. The Morgan fingerprint density at radius 3 is 2.38 bits per heavy atom. The molecule has 5 rings (SSSR count). The van der Waals surface area contributed by atoms with Crippen LogP contribution in [0.2, 0.25) is 0 Å². The molecule has 3 aromatic carbocycles. The number of aliphatic hydroxyl groups is 1. The van der Waals surface area contributed by atoms with Crippen LogP contribution in [-0.4, -0.2) is 20.4 Å². The molecule has 2 unspecified atom stereocenters. The minimum absolute atomic E-state index is 0.0541. The van der Waals surface area contributed by atoms with E-state index in [-0.39, 0.29) is 28.2 Å². The van der Waals surface area contributed by atoms with Crippen LogP contribution in [0.3, 0.4) is 0 Å². The van der Waals surface area contributed by atoms with E-state index >= 15 is 0 Å². The zero-order valence-corrected chi connectivity index (χ0v) is 13.6. The summed E-state index contributed by atoms with van der Waals surface area (Å²) in [4.78, 5) is 12.4. The molecule has 0 aliphatic heterocycles. The van der Waals surface area contributed by atoms with E-state index in [0.717, 1.165) is 6.07 Å². The molecule has 0 saturated heterocycles. The predicted octanol–water partition coefficient (Wildman–Crippen LogP) is 3.37. The maximum absolute atomic E-state index is 12.4. The second kappa shape index (κ2) is 4.68. The minimum Gasteiger partial charge on any atom is -0.507 e. The Morgan fingerprint density at radius 2 is 1.62 bits per heavy atom. The SMILES string of the molecule is CC1c2c(O)cc(=O)c3c(O)cc4oc5cccc(O)c5c(c4c23)C1O. The second-order valence-corrected chi connectivity index (χ2v) is 6.73. The van der Waals surface area contributed by atoms with Crippen molar-refractivity contribution >= 4 is 32.7 Å². The molecular formula is C20H14O6. The normalized spacial score (nSPS) is 19.0. The van der Waals surface area contributed by atoms with E-state index in [1.165, 1.54) is 12.1 Å². The molecule has 130 valence electrons. The number of aliphatic hydroxyl groups excluding tert-OH is 1. The van der Waals surface area contributed by atoms with Gasteiger partial charge < -0.3 is 24.8 Å². The van der Waals surface area contributed by atoms with Gasteiger partial charge in [0.2, 0.25) is 0 Å². The predicted molar refractivity (Wildman–Crippen MR) is 95.9 cm³/mol. The smallest absolute Gasteiger partial charge is 0.193 e. The lowest BCUT2D eigenvalue weighted by Crippen LogP contribution is -2.16. The fourth-order valence-corrected chi connectivity index (χ4v) is 4.20. The molecule has 6 heteroatoms. The molecular weight excluding hydrogens is 336 g/mol. The van der Waals surface area contributed by atoms with E-state index in [1.807, 2.05) is 0 Å². The minimum atomic E-state index is -1.03. The van der Waals surface area contributed by atoms with Crippen LogP contribution in [0.15, 0.2) is 39.5 Å². The van der Waals surface area contributed by atoms with Gasteiger partial charge in [-0.2, -0.15) is 0 Å². The van der Waals surface area contributed by atoms with Crippen molar-refractivity contribution in [1.82, 2.24) is 0 Å². The molecule has 4 aromatic rings. The fourth-order valence-electron chi connectivity index (χ4n) is 4.20. The number of hydrogen-bond acceptors (Lipinski definition) is 6. The van der Waals surface area contributed by atoms with Gasteiger partial charge >= 0.3 is 0 Å². The maximum Gasteiger partial charge on any atom is 0.193 e. The molecule has 0 spiro atoms. The van der Waals surface area contributed by atoms with Gasteiger partial charge in [0, 0.05) is 39.9 Å². The summed E-state index contributed by atoms with van der Waals surface area (Å²) in [5, 5.41) is 43.3. The van der Waals surface area contributed by atoms with Crippen molar-refractivity contribution < 1.29 is 24.8 Å². The van der Waals surface area contributed by atoms with Gasteiger partial charge in [-0.1, -0.05) is 13.0 Å². The Bertz CT molecular complexity index is 1320. The van der Waals surface area contributed by atoms with Gasteiger partial charge in [0.05, 0.1) is 16.9 Å². The van der Waals surface area contributed by atoms with Crippen LogP contribution in [0.5, 0.6) is 17.2 Å². The monoisotopic (exact) mass is 350 g/mol. The molecule has 0 bridgehead atoms. The van der Waals surface area contributed by atoms with Crippen molar-refractivity contribution in [2.75, 3.05) is 0 Å². The number of benzene rings is 3. The van der Waals surface area contributed by atoms with Crippen molar-refractivity contribution in [3.63, 3.8) is 0 Å². The average Bonchev–Trinajstić information content (AvgIpc) is 2.58. The Hall–Kier alpha value is -3.25. The van der Waals surface area contributed by atoms with Gasteiger partial charge in [-0.15, -0.1) is 0 Å². The summed E-state index contributed by atoms with van der Waals surface area (Å²) in [6.45, 7) is 1.72. The van der Waals surface area contributed by atoms with Gasteiger partial charge in [-0.3, -0.25) is 4.79 Å². The summed E-state index contributed by atoms with van der Waals surface area (Å²) in [7, 11) is 0. The fraction of sp³-hybridized carbons (Fsp3) is 0.150. The standard InChI is InChI=1S/C20H14O6/c1-7-14-9(22)5-10(23)15-11(24)6-13-17(18(14)15)19(20(7)25)16-8(21)3-2-4-12(16)26-13/h2-7,20-22,24-25H,1H3. The van der Waals surface area contributed by atoms with E-state index in [4.69, 9.17) is 4.42 Å². The van der Waals surface area contributed by atoms with Crippen LogP contribution < -0.4 is 5.43 Å². The zero-order chi connectivity index (χ0) is 18.3. The van der Waals surface area contributed by atoms with E-state index in [2.05, 4.69) is 0 Å². The second-order valence-electron chi connectivity index (χ2n) is 6.73. The number of rotatable bonds is 0. The molecule has 1 aliphatic rings. The van der Waals surface area contributed by atoms with E-state index in [9.17, 15) is 25.2 Å². The van der Waals surface area contributed by atoms with Gasteiger partial charge in [-0.05, 0) is 12.1 Å². The quantitative estimate of drug-likeness (QED) is 0.286. The zero-order valence-electron chi connectivity index (χ0n) is 13.6. The van der Waals surface area contributed by atoms with Crippen molar-refractivity contribution in [1.29, 1.82) is 0 Å². The number of phenolic OH excluding ortho intramolecular Hbond substituents is 3. The van der Waals surface area contributed by atoms with Gasteiger partial charge in [0.1, 0.15) is 28.4 Å². The van der Waals surface area contributed by atoms with Gasteiger partial charge in [0.15, 0.2) is 5.43 Å². The summed E-state index contributed by atoms with van der Waals surface area (Å²) >= 11 is 0. The van der Waals surface area contributed by atoms with Crippen LogP contribution in [0.25, 0.3) is 32.7 Å². The third kappa shape index (κ3) is 1.62. The molecule has 2 atom stereocenters. The van der Waals surface area contributed by atoms with Crippen LogP contribution in [0, 0.1) is 0 Å². The number of fused-ring (bicyclic) bond motifs is 2. The van der Waals surface area contributed by atoms with E-state index < -0.39 is 17.5 Å². The third-order valence-corrected chi connectivity index (χ3v) is 5.32. The molecule has 1 aliphatic carbocycles. The highest BCUT2D eigenvalue weighted by Gasteiger charge is 2.35. The van der Waals surface area contributed by atoms with Crippen LogP contribution in [-0.2, 0) is 0 Å². The molecule has 0 radical (unpaired) electrons. The number of phenols is 3. The topological polar surface area (TPSA) is 111 Å². The summed E-state index contributed by atoms with van der Waals surface area (Å²) in [5.41, 5.74) is 0.899. The van der Waals surface area contributed by atoms with Crippen molar-refractivity contribution in [3.05, 3.63) is 51.7 Å². The van der Waals surface area contributed by atoms with Gasteiger partial charge in [0.25, 0.3) is 0 Å². The first-order valence-corrected chi connectivity index (χ1v) is 8.18. The highest BCUT2D eigenvalue weighted by atomic mass is 16.3. The molecule has 0 saturated carbocycles. The first-order valence-electron chi connectivity index (χ1n) is 8.18. The Kier molecular flexibility index (Phi) is 2.71. The van der Waals surface area contributed by atoms with E-state index in [0.29, 0.717) is 32.9 Å². The largest absolute Gasteiger partial charge is 0.507 e. The summed E-state index contributed by atoms with van der Waals surface area (Å²) < 4.78 is 5.83. The lowest BCUT2D eigenvalue weighted by molar-refractivity contribution is 0.152. The maximum atomic E-state index is 12.4. The summed E-state index contributed by atoms with van der Waals surface area (Å²) in [6.07, 6.45) is -1.03. The van der Waals surface area contributed by atoms with Crippen LogP contribution in [0.1, 0.15) is 30.1 Å². The lowest BCUT2D eigenvalue weighted by atomic mass is 9.78. The third-order valence-electron chi connectivity index (χ3n) is 5.32. The summed E-state index contributed by atoms with van der Waals surface area (Å²) in [5.74, 6) is -1.09. The Balaban J connectivity index is 2.23. The number of aromatic hydroxyl groups is 3. The van der Waals surface area contributed by atoms with Gasteiger partial charge in [-0.25, -0.2) is 0 Å². The molecule has 26 heavy (non-hydrogen) atoms. The molecule has 0 fully saturated rings. The highest BCUT2D eigenvalue weighted by molar-refractivity contribution is 6.17. The average molecular weight is 350 g/mol. The number of hydrogen-bond donors (Lipinski definition) is 4. The molecule has 6 nitrogen and oxygen atoms in total. The molecule has 4 N–H and O–H groups in total. The Morgan fingerprint density at radius 1 is 0.846 bits per heavy atom. The Labute approximate surface area is 146 Å². The van der Waals surface area contributed by atoms with Crippen molar-refractivity contribution in [3.8, 4) is 17.2 Å². The van der Waals surface area contributed by atoms with Crippen LogP contribution in [0.4, 0.5) is 0 Å². The first kappa shape index (κ1) is 15.0. The molecule has 0 amide bonds. The van der Waals surface area contributed by atoms with Crippen molar-refractivity contribution in [2.45, 2.75) is 18.9 Å². The van der Waals surface area contributed by atoms with Crippen LogP contribution >= 0.6 is 0 Å². The lowest BCUT2D eigenvalue weighted by Gasteiger charge is -2.30. The van der Waals surface area contributed by atoms with E-state index in [1.54, 1.807) is 19.1 Å². The van der Waals surface area contributed by atoms with Crippen molar-refractivity contribution in [2.24, 2.45) is 0 Å². The molecule has 1 heterocycles. The summed E-state index contributed by atoms with van der Waals surface area (Å²) in [6, 6.07) is 7.14. The highest BCUT2D eigenvalue weighted by Crippen LogP contribution is 2.52.